The van der Waals surface area contributed by atoms with Crippen molar-refractivity contribution in [2.45, 2.75) is 32.0 Å². The maximum absolute atomic E-state index is 14.2. The highest BCUT2D eigenvalue weighted by molar-refractivity contribution is 6.31. The summed E-state index contributed by atoms with van der Waals surface area (Å²) in [6, 6.07) is 4.85. The molecule has 1 N–H and O–H groups in total. The Bertz CT molecular complexity index is 829. The summed E-state index contributed by atoms with van der Waals surface area (Å²) in [6.07, 6.45) is -1.40. The van der Waals surface area contributed by atoms with Gasteiger partial charge in [-0.15, -0.1) is 0 Å². The zero-order valence-corrected chi connectivity index (χ0v) is 16.4. The van der Waals surface area contributed by atoms with E-state index in [9.17, 15) is 22.4 Å². The lowest BCUT2D eigenvalue weighted by Gasteiger charge is -2.30. The predicted molar refractivity (Wildman–Crippen MR) is 100 cm³/mol. The molecule has 10 heteroatoms. The predicted octanol–water partition coefficient (Wildman–Crippen LogP) is 4.35. The lowest BCUT2D eigenvalue weighted by atomic mass is 10.1. The molecule has 1 aliphatic heterocycles. The number of carbonyl (C=O) groups is 1. The summed E-state index contributed by atoms with van der Waals surface area (Å²) in [4.78, 5) is 16.4. The van der Waals surface area contributed by atoms with Crippen LogP contribution in [0.25, 0.3) is 0 Å². The molecule has 1 aromatic heterocycles. The van der Waals surface area contributed by atoms with Crippen molar-refractivity contribution in [3.63, 3.8) is 0 Å². The fraction of sp³-hybridized carbons (Fsp3) is 0.474. The van der Waals surface area contributed by atoms with Crippen LogP contribution in [0.2, 0.25) is 5.02 Å². The van der Waals surface area contributed by atoms with E-state index >= 15 is 0 Å². The monoisotopic (exact) mass is 432 g/mol. The van der Waals surface area contributed by atoms with Gasteiger partial charge in [0.1, 0.15) is 11.5 Å². The summed E-state index contributed by atoms with van der Waals surface area (Å²) < 4.78 is 52.7. The van der Waals surface area contributed by atoms with Crippen LogP contribution < -0.4 is 0 Å². The topological polar surface area (TPSA) is 52.2 Å². The largest absolute Gasteiger partial charge is 0.435 e. The fourth-order valence-corrected chi connectivity index (χ4v) is 3.54. The zero-order chi connectivity index (χ0) is 21.0. The van der Waals surface area contributed by atoms with Crippen molar-refractivity contribution in [1.29, 1.82) is 0 Å². The average Bonchev–Trinajstić information content (AvgIpc) is 3.18. The van der Waals surface area contributed by atoms with Gasteiger partial charge >= 0.3 is 6.18 Å². The molecule has 0 spiro atoms. The van der Waals surface area contributed by atoms with Crippen molar-refractivity contribution < 1.29 is 22.4 Å². The van der Waals surface area contributed by atoms with Crippen LogP contribution in [0.5, 0.6) is 0 Å². The second kappa shape index (κ2) is 9.13. The van der Waals surface area contributed by atoms with Gasteiger partial charge in [0.2, 0.25) is 0 Å². The van der Waals surface area contributed by atoms with Crippen LogP contribution in [0.4, 0.5) is 17.6 Å². The van der Waals surface area contributed by atoms with Crippen LogP contribution in [0.15, 0.2) is 24.3 Å². The van der Waals surface area contributed by atoms with Gasteiger partial charge in [-0.1, -0.05) is 24.1 Å². The van der Waals surface area contributed by atoms with Gasteiger partial charge in [0.25, 0.3) is 5.91 Å². The molecule has 1 aromatic carbocycles. The maximum atomic E-state index is 14.2. The molecular formula is C19H21ClF4N4O. The van der Waals surface area contributed by atoms with Crippen LogP contribution >= 0.6 is 11.6 Å². The number of carbonyl (C=O) groups excluding carboxylic acids is 1. The Balaban J connectivity index is 1.81. The molecule has 0 radical (unpaired) electrons. The van der Waals surface area contributed by atoms with Gasteiger partial charge < -0.3 is 9.80 Å². The van der Waals surface area contributed by atoms with Gasteiger partial charge in [0.05, 0.1) is 6.54 Å². The summed E-state index contributed by atoms with van der Waals surface area (Å²) in [5.74, 6) is -1.27. The molecule has 1 aliphatic rings. The third-order valence-corrected chi connectivity index (χ3v) is 5.29. The summed E-state index contributed by atoms with van der Waals surface area (Å²) in [6.45, 7) is 2.40. The van der Waals surface area contributed by atoms with Crippen LogP contribution in [0, 0.1) is 5.82 Å². The Labute approximate surface area is 170 Å². The number of aromatic nitrogens is 2. The number of amides is 1. The van der Waals surface area contributed by atoms with Crippen molar-refractivity contribution in [3.8, 4) is 0 Å². The van der Waals surface area contributed by atoms with Gasteiger partial charge in [-0.25, -0.2) is 4.39 Å². The van der Waals surface area contributed by atoms with Crippen molar-refractivity contribution in [2.24, 2.45) is 0 Å². The molecule has 0 unspecified atom stereocenters. The van der Waals surface area contributed by atoms with Crippen LogP contribution in [0.1, 0.15) is 41.0 Å². The Hall–Kier alpha value is -2.13. The molecule has 0 bridgehead atoms. The second-order valence-corrected chi connectivity index (χ2v) is 7.40. The lowest BCUT2D eigenvalue weighted by Crippen LogP contribution is -2.40. The van der Waals surface area contributed by atoms with Crippen LogP contribution in [0.3, 0.4) is 0 Å². The molecule has 2 heterocycles. The van der Waals surface area contributed by atoms with E-state index in [1.807, 2.05) is 0 Å². The third kappa shape index (κ3) is 5.48. The molecule has 0 aliphatic carbocycles. The van der Waals surface area contributed by atoms with E-state index in [1.54, 1.807) is 0 Å². The summed E-state index contributed by atoms with van der Waals surface area (Å²) in [7, 11) is 0. The van der Waals surface area contributed by atoms with E-state index in [1.165, 1.54) is 23.1 Å². The normalized spacial score (nSPS) is 15.5. The average molecular weight is 433 g/mol. The van der Waals surface area contributed by atoms with E-state index in [4.69, 9.17) is 11.6 Å². The van der Waals surface area contributed by atoms with Gasteiger partial charge in [-0.05, 0) is 38.1 Å². The number of aromatic amines is 1. The minimum atomic E-state index is -4.66. The molecule has 5 nitrogen and oxygen atoms in total. The highest BCUT2D eigenvalue weighted by Crippen LogP contribution is 2.28. The number of piperidine rings is 1. The zero-order valence-electron chi connectivity index (χ0n) is 15.6. The molecule has 1 amide bonds. The van der Waals surface area contributed by atoms with Gasteiger partial charge in [0, 0.05) is 29.7 Å². The highest BCUT2D eigenvalue weighted by Gasteiger charge is 2.35. The number of H-pyrrole nitrogens is 1. The van der Waals surface area contributed by atoms with Crippen molar-refractivity contribution in [3.05, 3.63) is 52.1 Å². The number of benzene rings is 1. The Kier molecular flexibility index (Phi) is 6.79. The lowest BCUT2D eigenvalue weighted by molar-refractivity contribution is -0.141. The van der Waals surface area contributed by atoms with E-state index in [0.717, 1.165) is 32.4 Å². The third-order valence-electron chi connectivity index (χ3n) is 4.93. The minimum Gasteiger partial charge on any atom is -0.332 e. The van der Waals surface area contributed by atoms with Crippen molar-refractivity contribution >= 4 is 17.5 Å². The molecular weight excluding hydrogens is 412 g/mol. The number of rotatable bonds is 6. The number of likely N-dealkylation sites (tertiary alicyclic amines) is 1. The summed E-state index contributed by atoms with van der Waals surface area (Å²) in [5, 5.41) is 5.47. The molecule has 1 saturated heterocycles. The minimum absolute atomic E-state index is 0.122. The molecule has 0 atom stereocenters. The standard InChI is InChI=1S/C19H21ClF4N4O/c20-14-5-4-6-15(21)13(14)12-28(10-9-27-7-2-1-3-8-27)18(29)16-11-17(26-25-16)19(22,23)24/h4-6,11H,1-3,7-10,12H2,(H,25,26). The summed E-state index contributed by atoms with van der Waals surface area (Å²) in [5.41, 5.74) is -1.36. The SMILES string of the molecule is O=C(c1cc(C(F)(F)F)n[nH]1)N(CCN1CCCCC1)Cc1c(F)cccc1Cl. The molecule has 2 aromatic rings. The first-order valence-corrected chi connectivity index (χ1v) is 9.70. The van der Waals surface area contributed by atoms with Crippen LogP contribution in [-0.2, 0) is 12.7 Å². The number of halogens is 5. The van der Waals surface area contributed by atoms with Gasteiger partial charge in [0.15, 0.2) is 5.69 Å². The Morgan fingerprint density at radius 3 is 2.59 bits per heavy atom. The first kappa shape index (κ1) is 21.6. The smallest absolute Gasteiger partial charge is 0.332 e. The molecule has 3 rings (SSSR count). The second-order valence-electron chi connectivity index (χ2n) is 6.99. The van der Waals surface area contributed by atoms with E-state index in [2.05, 4.69) is 15.1 Å². The Morgan fingerprint density at radius 2 is 1.97 bits per heavy atom. The number of alkyl halides is 3. The molecule has 29 heavy (non-hydrogen) atoms. The van der Waals surface area contributed by atoms with Crippen molar-refractivity contribution in [2.75, 3.05) is 26.2 Å². The maximum Gasteiger partial charge on any atom is 0.435 e. The first-order valence-electron chi connectivity index (χ1n) is 9.33. The number of hydrogen-bond acceptors (Lipinski definition) is 3. The van der Waals surface area contributed by atoms with Gasteiger partial charge in [-0.3, -0.25) is 9.89 Å². The van der Waals surface area contributed by atoms with Crippen molar-refractivity contribution in [1.82, 2.24) is 20.0 Å². The number of hydrogen-bond donors (Lipinski definition) is 1. The fourth-order valence-electron chi connectivity index (χ4n) is 3.32. The number of nitrogens with one attached hydrogen (secondary N) is 1. The Morgan fingerprint density at radius 1 is 1.24 bits per heavy atom. The molecule has 1 fully saturated rings. The number of nitrogens with zero attached hydrogens (tertiary/aromatic N) is 3. The summed E-state index contributed by atoms with van der Waals surface area (Å²) >= 11 is 6.08. The van der Waals surface area contributed by atoms with E-state index < -0.39 is 23.6 Å². The quantitative estimate of drug-likeness (QED) is 0.690. The first-order chi connectivity index (χ1) is 13.8. The van der Waals surface area contributed by atoms with Gasteiger partial charge in [-0.2, -0.15) is 18.3 Å². The van der Waals surface area contributed by atoms with E-state index in [-0.39, 0.29) is 29.4 Å². The van der Waals surface area contributed by atoms with Crippen LogP contribution in [-0.4, -0.2) is 52.1 Å². The van der Waals surface area contributed by atoms with E-state index in [0.29, 0.717) is 12.6 Å². The highest BCUT2D eigenvalue weighted by atomic mass is 35.5. The molecule has 158 valence electrons. The molecule has 0 saturated carbocycles.